The van der Waals surface area contributed by atoms with Crippen LogP contribution in [0.1, 0.15) is 21.5 Å². The molecule has 0 radical (unpaired) electrons. The SMILES string of the molecule is O=C1c2ccccc2-c2c(C3=Nc4ccccc4S(=O)(=O)N3)c(=O)n(-c3ccccn3)c3ccc(Nc4cc(Nc5nc(Nc6cc(S(=O)(=O)[O-])ccc6SOO[O-])nc(N6CCOCC6)n5)ccc4SOO[O-])c1c23.[Na+].[Na+].[Na+]. The van der Waals surface area contributed by atoms with Crippen molar-refractivity contribution in [2.75, 3.05) is 47.2 Å². The minimum Gasteiger partial charge on any atom is -0.744 e. The molecule has 5 heterocycles. The molecule has 32 heteroatoms. The Morgan fingerprint density at radius 3 is 2.05 bits per heavy atom. The number of aromatic nitrogens is 5. The number of nitrogens with zero attached hydrogens (tertiary/aromatic N) is 7. The van der Waals surface area contributed by atoms with Gasteiger partial charge in [-0.15, -0.1) is 0 Å². The molecule has 0 spiro atoms. The fourth-order valence-corrected chi connectivity index (χ4v) is 11.3. The molecule has 0 amide bonds. The van der Waals surface area contributed by atoms with E-state index in [0.717, 1.165) is 12.1 Å². The van der Waals surface area contributed by atoms with E-state index in [1.807, 2.05) is 0 Å². The number of nitrogens with one attached hydrogen (secondary N) is 4. The first-order valence-corrected chi connectivity index (χ1v) is 26.6. The Balaban J connectivity index is 0.00000274. The molecule has 4 N–H and O–H groups in total. The van der Waals surface area contributed by atoms with Gasteiger partial charge in [-0.05, 0) is 78.4 Å². The third-order valence-electron chi connectivity index (χ3n) is 12.0. The Bertz CT molecular complexity index is 4000. The fraction of sp³-hybridized carbons (Fsp3) is 0.0851. The topological polar surface area (TPSA) is 338 Å². The normalized spacial score (nSPS) is 14.0. The zero-order valence-electron chi connectivity index (χ0n) is 41.4. The molecule has 386 valence electrons. The summed E-state index contributed by atoms with van der Waals surface area (Å²) in [6.45, 7) is 1.43. The van der Waals surface area contributed by atoms with E-state index >= 15 is 9.59 Å². The number of fused-ring (bicyclic) bond motifs is 3. The third kappa shape index (κ3) is 12.3. The summed E-state index contributed by atoms with van der Waals surface area (Å²) >= 11 is 0.955. The van der Waals surface area contributed by atoms with Crippen LogP contribution in [0.5, 0.6) is 0 Å². The van der Waals surface area contributed by atoms with Crippen molar-refractivity contribution < 1.29 is 149 Å². The van der Waals surface area contributed by atoms with Crippen molar-refractivity contribution in [1.82, 2.24) is 29.2 Å². The van der Waals surface area contributed by atoms with E-state index in [1.165, 1.54) is 29.0 Å². The van der Waals surface area contributed by atoms with Crippen LogP contribution < -0.4 is 130 Å². The first-order chi connectivity index (χ1) is 36.8. The number of anilines is 7. The van der Waals surface area contributed by atoms with E-state index in [1.54, 1.807) is 89.8 Å². The second kappa shape index (κ2) is 25.5. The van der Waals surface area contributed by atoms with Crippen LogP contribution in [0.3, 0.4) is 0 Å². The third-order valence-corrected chi connectivity index (χ3v) is 15.5. The number of aliphatic imine (C=N–C) groups is 1. The number of rotatable bonds is 16. The predicted molar refractivity (Wildman–Crippen MR) is 269 cm³/mol. The van der Waals surface area contributed by atoms with Gasteiger partial charge in [-0.3, -0.25) is 29.0 Å². The summed E-state index contributed by atoms with van der Waals surface area (Å²) < 4.78 is 82.4. The monoisotopic (exact) mass is 1170 g/mol. The van der Waals surface area contributed by atoms with Crippen LogP contribution in [0.15, 0.2) is 151 Å². The van der Waals surface area contributed by atoms with Gasteiger partial charge in [0.25, 0.3) is 15.6 Å². The Hall–Kier alpha value is -4.91. The van der Waals surface area contributed by atoms with Crippen LogP contribution in [0, 0.1) is 0 Å². The van der Waals surface area contributed by atoms with Gasteiger partial charge in [-0.2, -0.15) is 23.6 Å². The zero-order valence-corrected chi connectivity index (χ0v) is 50.6. The Labute approximate surface area is 522 Å². The number of ether oxygens (including phenoxy) is 1. The van der Waals surface area contributed by atoms with Gasteiger partial charge in [0.15, 0.2) is 11.6 Å². The van der Waals surface area contributed by atoms with Crippen molar-refractivity contribution in [1.29, 1.82) is 0 Å². The van der Waals surface area contributed by atoms with Crippen LogP contribution in [-0.2, 0) is 43.6 Å². The van der Waals surface area contributed by atoms with Crippen LogP contribution in [0.4, 0.5) is 46.3 Å². The number of pyridine rings is 2. The summed E-state index contributed by atoms with van der Waals surface area (Å²) in [5, 5.41) is 38.7. The maximum atomic E-state index is 15.2. The zero-order chi connectivity index (χ0) is 52.7. The summed E-state index contributed by atoms with van der Waals surface area (Å²) in [6, 6.07) is 28.7. The molecule has 0 bridgehead atoms. The summed E-state index contributed by atoms with van der Waals surface area (Å²) in [5.41, 5.74) is 0.916. The van der Waals surface area contributed by atoms with Crippen LogP contribution in [-0.4, -0.2) is 83.8 Å². The minimum atomic E-state index is -4.96. The maximum Gasteiger partial charge on any atom is 1.00 e. The van der Waals surface area contributed by atoms with Gasteiger partial charge < -0.3 is 40.7 Å². The van der Waals surface area contributed by atoms with E-state index in [-0.39, 0.29) is 189 Å². The van der Waals surface area contributed by atoms with Gasteiger partial charge in [-0.1, -0.05) is 42.5 Å². The van der Waals surface area contributed by atoms with E-state index < -0.39 is 36.4 Å². The number of amidine groups is 1. The molecule has 11 rings (SSSR count). The van der Waals surface area contributed by atoms with Gasteiger partial charge in [0.2, 0.25) is 17.8 Å². The van der Waals surface area contributed by atoms with Crippen molar-refractivity contribution in [3.63, 3.8) is 0 Å². The Morgan fingerprint density at radius 2 is 1.35 bits per heavy atom. The van der Waals surface area contributed by atoms with Crippen molar-refractivity contribution in [2.45, 2.75) is 19.6 Å². The molecular formula is C47H32N11Na3O14S4. The Kier molecular flexibility index (Phi) is 19.4. The Morgan fingerprint density at radius 1 is 0.696 bits per heavy atom. The first kappa shape index (κ1) is 60.2. The van der Waals surface area contributed by atoms with Crippen molar-refractivity contribution >= 4 is 113 Å². The van der Waals surface area contributed by atoms with Crippen LogP contribution in [0.25, 0.3) is 27.8 Å². The van der Waals surface area contributed by atoms with Crippen molar-refractivity contribution in [3.05, 3.63) is 149 Å². The van der Waals surface area contributed by atoms with Gasteiger partial charge in [0, 0.05) is 41.5 Å². The summed E-state index contributed by atoms with van der Waals surface area (Å²) in [6.07, 6.45) is 1.48. The molecule has 1 aliphatic carbocycles. The summed E-state index contributed by atoms with van der Waals surface area (Å²) in [5.74, 6) is -0.664. The molecule has 0 unspecified atom stereocenters. The molecule has 0 saturated carbocycles. The molecule has 5 aromatic carbocycles. The van der Waals surface area contributed by atoms with Gasteiger partial charge >= 0.3 is 88.7 Å². The maximum absolute atomic E-state index is 15.2. The predicted octanol–water partition coefficient (Wildman–Crippen LogP) is -4.40. The van der Waals surface area contributed by atoms with Crippen molar-refractivity contribution in [3.8, 4) is 16.9 Å². The minimum absolute atomic E-state index is 0. The quantitative estimate of drug-likeness (QED) is 0.0233. The smallest absolute Gasteiger partial charge is 0.744 e. The molecule has 8 aromatic rings. The number of hydrogen-bond donors (Lipinski definition) is 4. The average Bonchev–Trinajstić information content (AvgIpc) is 3.55. The molecule has 25 nitrogen and oxygen atoms in total. The van der Waals surface area contributed by atoms with E-state index in [4.69, 9.17) is 9.07 Å². The second-order valence-corrected chi connectivity index (χ2v) is 20.9. The van der Waals surface area contributed by atoms with Crippen LogP contribution in [0.2, 0.25) is 0 Å². The number of sulfonamides is 1. The molecule has 79 heavy (non-hydrogen) atoms. The van der Waals surface area contributed by atoms with Gasteiger partial charge in [-0.25, -0.2) is 26.8 Å². The number of benzene rings is 5. The largest absolute Gasteiger partial charge is 1.00 e. The second-order valence-electron chi connectivity index (χ2n) is 16.4. The average molecular weight is 1170 g/mol. The summed E-state index contributed by atoms with van der Waals surface area (Å²) in [7, 11) is -9.22. The molecule has 2 aliphatic heterocycles. The van der Waals surface area contributed by atoms with E-state index in [2.05, 4.69) is 60.0 Å². The molecule has 3 aromatic heterocycles. The number of para-hydroxylation sites is 1. The molecular weight excluding hydrogens is 1140 g/mol. The molecule has 3 aliphatic rings. The van der Waals surface area contributed by atoms with Crippen molar-refractivity contribution in [2.24, 2.45) is 4.99 Å². The van der Waals surface area contributed by atoms with Gasteiger partial charge in [0.1, 0.15) is 20.8 Å². The number of carbonyl (C=O) groups is 1. The number of carbonyl (C=O) groups excluding carboxylic acids is 1. The number of hydrogen-bond acceptors (Lipinski definition) is 25. The fourth-order valence-electron chi connectivity index (χ4n) is 8.76. The summed E-state index contributed by atoms with van der Waals surface area (Å²) in [4.78, 5) is 54.7. The number of morpholine rings is 1. The molecule has 0 atom stereocenters. The van der Waals surface area contributed by atoms with E-state index in [0.29, 0.717) is 61.6 Å². The van der Waals surface area contributed by atoms with Crippen LogP contribution >= 0.6 is 24.1 Å². The molecule has 1 saturated heterocycles. The first-order valence-electron chi connectivity index (χ1n) is 22.2. The molecule has 1 fully saturated rings. The standard InChI is InChI=1S/C47H35N11O14S4.3Na/c59-42-28-8-2-1-7-27(28)38-40-33(58(37-11-5-6-18-48-37)44(60)41(38)43-51-29-9-3-4-10-36(29)75(63,64)56-43)15-14-30(39(40)42)50-31-23-25(12-16-34(31)73-71-69-61)49-45-53-46(55-47(54-45)57-19-21-68-22-20-57)52-32-24-26(76(65,66)67)13-17-35(32)74-72-70-62;;;/h1-18,23-24,50,61-62H,19-22H2,(H,51,56)(H,65,66,67)(H2,49,52,53,54,55);;;/q;3*+1/p-3. The van der Waals surface area contributed by atoms with Gasteiger partial charge in [0.05, 0.1) is 91.4 Å². The van der Waals surface area contributed by atoms with E-state index in [9.17, 15) is 31.9 Å². The number of ketones is 1.